The maximum atomic E-state index is 13.6. The van der Waals surface area contributed by atoms with Crippen molar-refractivity contribution in [1.82, 2.24) is 9.47 Å². The molecule has 0 radical (unpaired) electrons. The van der Waals surface area contributed by atoms with E-state index < -0.39 is 0 Å². The second-order valence-corrected chi connectivity index (χ2v) is 7.53. The molecule has 1 atom stereocenters. The van der Waals surface area contributed by atoms with Crippen LogP contribution in [0.3, 0.4) is 0 Å². The third-order valence-electron chi connectivity index (χ3n) is 5.68. The minimum Gasteiger partial charge on any atom is -0.497 e. The molecule has 3 aromatic carbocycles. The predicted molar refractivity (Wildman–Crippen MR) is 122 cm³/mol. The summed E-state index contributed by atoms with van der Waals surface area (Å²) >= 11 is 0. The van der Waals surface area contributed by atoms with E-state index in [9.17, 15) is 4.79 Å². The smallest absolute Gasteiger partial charge is 0.322 e. The van der Waals surface area contributed by atoms with Gasteiger partial charge in [0.05, 0.1) is 25.4 Å². The molecule has 1 aliphatic heterocycles. The highest BCUT2D eigenvalue weighted by Crippen LogP contribution is 2.36. The SMILES string of the molecule is COc1ccc(NC(=O)N2Cc3ccccc3-n3cccc3C2c2ccccc2)cc1. The van der Waals surface area contributed by atoms with Crippen LogP contribution in [0, 0.1) is 0 Å². The Morgan fingerprint density at radius 1 is 0.903 bits per heavy atom. The molecule has 5 rings (SSSR count). The minimum absolute atomic E-state index is 0.150. The number of anilines is 1. The number of nitrogens with one attached hydrogen (secondary N) is 1. The molecule has 1 N–H and O–H groups in total. The number of methoxy groups -OCH3 is 1. The van der Waals surface area contributed by atoms with Crippen molar-refractivity contribution in [3.05, 3.63) is 114 Å². The first kappa shape index (κ1) is 19.0. The van der Waals surface area contributed by atoms with Gasteiger partial charge in [0.1, 0.15) is 5.75 Å². The maximum Gasteiger partial charge on any atom is 0.322 e. The molecule has 31 heavy (non-hydrogen) atoms. The number of ether oxygens (including phenoxy) is 1. The van der Waals surface area contributed by atoms with Crippen LogP contribution < -0.4 is 10.1 Å². The van der Waals surface area contributed by atoms with Gasteiger partial charge < -0.3 is 19.5 Å². The average molecular weight is 409 g/mol. The molecule has 0 spiro atoms. The number of fused-ring (bicyclic) bond motifs is 3. The second kappa shape index (κ2) is 8.03. The molecule has 1 aromatic heterocycles. The van der Waals surface area contributed by atoms with Gasteiger partial charge in [-0.25, -0.2) is 4.79 Å². The second-order valence-electron chi connectivity index (χ2n) is 7.53. The lowest BCUT2D eigenvalue weighted by atomic mass is 10.0. The summed E-state index contributed by atoms with van der Waals surface area (Å²) in [4.78, 5) is 15.5. The summed E-state index contributed by atoms with van der Waals surface area (Å²) in [5.74, 6) is 0.752. The van der Waals surface area contributed by atoms with Gasteiger partial charge in [0.2, 0.25) is 0 Å². The zero-order valence-electron chi connectivity index (χ0n) is 17.2. The summed E-state index contributed by atoms with van der Waals surface area (Å²) in [6.45, 7) is 0.499. The first-order chi connectivity index (χ1) is 15.2. The van der Waals surface area contributed by atoms with Crippen molar-refractivity contribution < 1.29 is 9.53 Å². The van der Waals surface area contributed by atoms with Gasteiger partial charge in [-0.3, -0.25) is 0 Å². The summed E-state index contributed by atoms with van der Waals surface area (Å²) in [6, 6.07) is 29.5. The van der Waals surface area contributed by atoms with Crippen LogP contribution in [0.4, 0.5) is 10.5 Å². The highest BCUT2D eigenvalue weighted by Gasteiger charge is 2.32. The highest BCUT2D eigenvalue weighted by atomic mass is 16.5. The largest absolute Gasteiger partial charge is 0.497 e. The van der Waals surface area contributed by atoms with E-state index in [4.69, 9.17) is 4.74 Å². The van der Waals surface area contributed by atoms with Crippen molar-refractivity contribution in [2.75, 3.05) is 12.4 Å². The van der Waals surface area contributed by atoms with Gasteiger partial charge >= 0.3 is 6.03 Å². The van der Waals surface area contributed by atoms with Crippen LogP contribution in [0.5, 0.6) is 5.75 Å². The van der Waals surface area contributed by atoms with Gasteiger partial charge in [0.25, 0.3) is 0 Å². The van der Waals surface area contributed by atoms with Crippen LogP contribution in [0.25, 0.3) is 5.69 Å². The Bertz CT molecular complexity index is 1200. The zero-order chi connectivity index (χ0) is 21.2. The van der Waals surface area contributed by atoms with Crippen LogP contribution in [-0.2, 0) is 6.54 Å². The number of urea groups is 1. The third-order valence-corrected chi connectivity index (χ3v) is 5.68. The predicted octanol–water partition coefficient (Wildman–Crippen LogP) is 5.62. The minimum atomic E-state index is -0.221. The molecule has 2 heterocycles. The fourth-order valence-corrected chi connectivity index (χ4v) is 4.20. The standard InChI is InChI=1S/C26H23N3O2/c1-31-22-15-13-21(14-16-22)27-26(30)29-18-20-10-5-6-11-23(20)28-17-7-12-24(28)25(29)19-8-3-2-4-9-19/h2-17,25H,18H2,1H3,(H,27,30). The van der Waals surface area contributed by atoms with E-state index in [2.05, 4.69) is 46.4 Å². The Kier molecular flexibility index (Phi) is 4.92. The Hall–Kier alpha value is -3.99. The summed E-state index contributed by atoms with van der Waals surface area (Å²) < 4.78 is 7.41. The number of hydrogen-bond acceptors (Lipinski definition) is 2. The molecular weight excluding hydrogens is 386 g/mol. The molecule has 0 saturated carbocycles. The number of aromatic nitrogens is 1. The van der Waals surface area contributed by atoms with Crippen molar-refractivity contribution >= 4 is 11.7 Å². The monoisotopic (exact) mass is 409 g/mol. The lowest BCUT2D eigenvalue weighted by Crippen LogP contribution is -2.37. The number of hydrogen-bond donors (Lipinski definition) is 1. The third kappa shape index (κ3) is 3.55. The van der Waals surface area contributed by atoms with Crippen LogP contribution in [0.15, 0.2) is 97.2 Å². The molecule has 1 aliphatic rings. The fourth-order valence-electron chi connectivity index (χ4n) is 4.20. The van der Waals surface area contributed by atoms with Crippen molar-refractivity contribution in [3.63, 3.8) is 0 Å². The first-order valence-electron chi connectivity index (χ1n) is 10.3. The molecule has 5 heteroatoms. The van der Waals surface area contributed by atoms with Gasteiger partial charge in [-0.05, 0) is 53.6 Å². The van der Waals surface area contributed by atoms with Crippen molar-refractivity contribution in [1.29, 1.82) is 0 Å². The maximum absolute atomic E-state index is 13.6. The molecule has 0 aliphatic carbocycles. The van der Waals surface area contributed by atoms with Gasteiger partial charge in [-0.1, -0.05) is 48.5 Å². The summed E-state index contributed by atoms with van der Waals surface area (Å²) in [5.41, 5.74) is 5.05. The van der Waals surface area contributed by atoms with E-state index in [1.54, 1.807) is 7.11 Å². The van der Waals surface area contributed by atoms with Crippen molar-refractivity contribution in [3.8, 4) is 11.4 Å². The first-order valence-corrected chi connectivity index (χ1v) is 10.3. The topological polar surface area (TPSA) is 46.5 Å². The molecule has 2 amide bonds. The van der Waals surface area contributed by atoms with Crippen LogP contribution in [0.1, 0.15) is 22.9 Å². The molecule has 4 aromatic rings. The molecular formula is C26H23N3O2. The van der Waals surface area contributed by atoms with Crippen LogP contribution >= 0.6 is 0 Å². The van der Waals surface area contributed by atoms with E-state index >= 15 is 0 Å². The Balaban J connectivity index is 1.58. The molecule has 154 valence electrons. The van der Waals surface area contributed by atoms with Crippen molar-refractivity contribution in [2.45, 2.75) is 12.6 Å². The van der Waals surface area contributed by atoms with Gasteiger partial charge in [0.15, 0.2) is 0 Å². The highest BCUT2D eigenvalue weighted by molar-refractivity contribution is 5.90. The summed E-state index contributed by atoms with van der Waals surface area (Å²) in [5, 5.41) is 3.07. The number of amides is 2. The van der Waals surface area contributed by atoms with Gasteiger partial charge in [0, 0.05) is 17.6 Å². The van der Waals surface area contributed by atoms with Gasteiger partial charge in [-0.2, -0.15) is 0 Å². The Morgan fingerprint density at radius 2 is 1.65 bits per heavy atom. The Labute approximate surface area is 181 Å². The van der Waals surface area contributed by atoms with E-state index in [1.807, 2.05) is 65.6 Å². The van der Waals surface area contributed by atoms with Gasteiger partial charge in [-0.15, -0.1) is 0 Å². The molecule has 1 unspecified atom stereocenters. The number of rotatable bonds is 3. The van der Waals surface area contributed by atoms with Crippen LogP contribution in [-0.4, -0.2) is 22.6 Å². The Morgan fingerprint density at radius 3 is 2.42 bits per heavy atom. The van der Waals surface area contributed by atoms with E-state index in [-0.39, 0.29) is 12.1 Å². The van der Waals surface area contributed by atoms with E-state index in [0.717, 1.165) is 33.9 Å². The van der Waals surface area contributed by atoms with Crippen LogP contribution in [0.2, 0.25) is 0 Å². The number of para-hydroxylation sites is 1. The summed E-state index contributed by atoms with van der Waals surface area (Å²) in [6.07, 6.45) is 2.06. The van der Waals surface area contributed by atoms with Crippen molar-refractivity contribution in [2.24, 2.45) is 0 Å². The quantitative estimate of drug-likeness (QED) is 0.477. The number of carbonyl (C=O) groups excluding carboxylic acids is 1. The number of benzene rings is 3. The number of carbonyl (C=O) groups is 1. The fraction of sp³-hybridized carbons (Fsp3) is 0.115. The normalized spacial score (nSPS) is 14.9. The zero-order valence-corrected chi connectivity index (χ0v) is 17.2. The molecule has 0 fully saturated rings. The van der Waals surface area contributed by atoms with E-state index in [1.165, 1.54) is 0 Å². The molecule has 5 nitrogen and oxygen atoms in total. The van der Waals surface area contributed by atoms with E-state index in [0.29, 0.717) is 6.54 Å². The number of nitrogens with zero attached hydrogens (tertiary/aromatic N) is 2. The lowest BCUT2D eigenvalue weighted by Gasteiger charge is -2.31. The molecule has 0 bridgehead atoms. The molecule has 0 saturated heterocycles. The average Bonchev–Trinajstić information content (AvgIpc) is 3.24. The summed E-state index contributed by atoms with van der Waals surface area (Å²) in [7, 11) is 1.63. The lowest BCUT2D eigenvalue weighted by molar-refractivity contribution is 0.194.